The van der Waals surface area contributed by atoms with Gasteiger partial charge < -0.3 is 18.8 Å². The maximum absolute atomic E-state index is 13.4. The monoisotopic (exact) mass is 524 g/mol. The van der Waals surface area contributed by atoms with Gasteiger partial charge in [0.15, 0.2) is 10.0 Å². The van der Waals surface area contributed by atoms with Gasteiger partial charge in [0.1, 0.15) is 11.0 Å². The van der Waals surface area contributed by atoms with Crippen LogP contribution in [-0.2, 0) is 20.5 Å². The van der Waals surface area contributed by atoms with Gasteiger partial charge in [-0.2, -0.15) is 0 Å². The smallest absolute Gasteiger partial charge is 0.291 e. The Morgan fingerprint density at radius 2 is 2.09 bits per heavy atom. The highest BCUT2D eigenvalue weighted by Crippen LogP contribution is 2.35. The molecule has 3 fully saturated rings. The molecule has 0 radical (unpaired) electrons. The summed E-state index contributed by atoms with van der Waals surface area (Å²) in [5.74, 6) is 0. The number of piperazine rings is 1. The van der Waals surface area contributed by atoms with E-state index >= 15 is 0 Å². The molecule has 0 aliphatic carbocycles. The number of hydrogen-bond donors (Lipinski definition) is 1. The van der Waals surface area contributed by atoms with E-state index in [1.165, 1.54) is 0 Å². The zero-order valence-electron chi connectivity index (χ0n) is 19.2. The summed E-state index contributed by atoms with van der Waals surface area (Å²) in [5.41, 5.74) is 2.14. The Morgan fingerprint density at radius 1 is 1.23 bits per heavy atom. The molecule has 2 atom stereocenters. The van der Waals surface area contributed by atoms with Gasteiger partial charge in [-0.25, -0.2) is 17.7 Å². The number of aromatic nitrogens is 3. The summed E-state index contributed by atoms with van der Waals surface area (Å²) in [4.78, 5) is 5.35. The van der Waals surface area contributed by atoms with E-state index < -0.39 is 17.4 Å². The molecule has 0 aromatic carbocycles. The number of rotatable bonds is 6. The van der Waals surface area contributed by atoms with Gasteiger partial charge in [0.2, 0.25) is 0 Å². The number of nitrogens with zero attached hydrogens (tertiary/aromatic N) is 5. The molecule has 0 spiro atoms. The van der Waals surface area contributed by atoms with E-state index in [0.717, 1.165) is 55.3 Å². The minimum Gasteiger partial charge on any atom is -0.378 e. The van der Waals surface area contributed by atoms with E-state index in [0.29, 0.717) is 41.5 Å². The molecule has 35 heavy (non-hydrogen) atoms. The Bertz CT molecular complexity index is 1260. The first-order valence-corrected chi connectivity index (χ1v) is 13.5. The Kier molecular flexibility index (Phi) is 6.09. The lowest BCUT2D eigenvalue weighted by Crippen LogP contribution is -2.58. The van der Waals surface area contributed by atoms with Crippen molar-refractivity contribution in [2.75, 3.05) is 57.5 Å². The Labute approximate surface area is 207 Å². The predicted octanol–water partition coefficient (Wildman–Crippen LogP) is 2.32. The second-order valence-electron chi connectivity index (χ2n) is 9.42. The van der Waals surface area contributed by atoms with Crippen molar-refractivity contribution >= 4 is 33.5 Å². The van der Waals surface area contributed by atoms with Crippen LogP contribution in [0.4, 0.5) is 14.5 Å². The largest absolute Gasteiger partial charge is 0.378 e. The topological polar surface area (TPSA) is 84.2 Å². The molecule has 1 N–H and O–H groups in total. The maximum atomic E-state index is 13.4. The molecule has 0 saturated carbocycles. The third-order valence-electron chi connectivity index (χ3n) is 6.74. The van der Waals surface area contributed by atoms with Crippen LogP contribution in [0.25, 0.3) is 16.2 Å². The summed E-state index contributed by atoms with van der Waals surface area (Å²) in [7, 11) is -1.50. The minimum absolute atomic E-state index is 0.294. The number of pyridine rings is 1. The van der Waals surface area contributed by atoms with E-state index in [-0.39, 0.29) is 10.5 Å². The van der Waals surface area contributed by atoms with Crippen molar-refractivity contribution in [1.82, 2.24) is 24.2 Å². The normalized spacial score (nSPS) is 23.4. The van der Waals surface area contributed by atoms with Crippen LogP contribution in [0.15, 0.2) is 29.3 Å². The Morgan fingerprint density at radius 3 is 2.83 bits per heavy atom. The number of alkyl halides is 2. The van der Waals surface area contributed by atoms with Crippen molar-refractivity contribution < 1.29 is 22.5 Å². The zero-order chi connectivity index (χ0) is 24.2. The quantitative estimate of drug-likeness (QED) is 0.530. The standard InChI is InChI=1S/C22H26F2N6O3S2/c1-22(12-33-13-22)27-35(31)15-8-18(29-5-4-28-6-7-32-11-14(28)9-29)16-2-3-17(30(16)10-15)20-25-26-21(34-20)19(23)24/h2-3,8,10,14,19,27H,4-7,9,11-13H2,1H3. The van der Waals surface area contributed by atoms with Crippen molar-refractivity contribution in [1.29, 1.82) is 0 Å². The van der Waals surface area contributed by atoms with E-state index in [1.54, 1.807) is 6.20 Å². The van der Waals surface area contributed by atoms with Gasteiger partial charge >= 0.3 is 0 Å². The molecule has 3 aromatic heterocycles. The molecular weight excluding hydrogens is 498 g/mol. The molecule has 3 aliphatic heterocycles. The summed E-state index contributed by atoms with van der Waals surface area (Å²) in [6.45, 7) is 7.88. The number of halogens is 2. The first kappa shape index (κ1) is 23.4. The van der Waals surface area contributed by atoms with E-state index in [4.69, 9.17) is 9.47 Å². The number of nitrogens with one attached hydrogen (secondary N) is 1. The number of fused-ring (bicyclic) bond motifs is 2. The number of hydrogen-bond acceptors (Lipinski definition) is 8. The number of morpholine rings is 1. The summed E-state index contributed by atoms with van der Waals surface area (Å²) in [6, 6.07) is 6.08. The average molecular weight is 525 g/mol. The lowest BCUT2D eigenvalue weighted by Gasteiger charge is -2.44. The lowest BCUT2D eigenvalue weighted by atomic mass is 10.0. The second-order valence-corrected chi connectivity index (χ2v) is 11.6. The van der Waals surface area contributed by atoms with Gasteiger partial charge in [-0.3, -0.25) is 4.90 Å². The molecule has 13 heteroatoms. The van der Waals surface area contributed by atoms with Crippen LogP contribution in [0, 0.1) is 0 Å². The van der Waals surface area contributed by atoms with Gasteiger partial charge in [-0.1, -0.05) is 11.3 Å². The van der Waals surface area contributed by atoms with Crippen LogP contribution in [-0.4, -0.2) is 87.9 Å². The molecule has 3 aliphatic rings. The minimum atomic E-state index is -2.67. The van der Waals surface area contributed by atoms with Crippen LogP contribution in [0.3, 0.4) is 0 Å². The highest BCUT2D eigenvalue weighted by atomic mass is 32.2. The summed E-state index contributed by atoms with van der Waals surface area (Å²) in [6.07, 6.45) is -0.876. The molecule has 2 unspecified atom stereocenters. The first-order valence-electron chi connectivity index (χ1n) is 11.5. The SMILES string of the molecule is CC1(NS(=O)c2cc(N3CCN4CCOCC4C3)c3ccc(-c4nnc(C(F)F)s4)n3c2)COC1. The lowest BCUT2D eigenvalue weighted by molar-refractivity contribution is -0.0517. The zero-order valence-corrected chi connectivity index (χ0v) is 20.8. The van der Waals surface area contributed by atoms with E-state index in [9.17, 15) is 13.0 Å². The van der Waals surface area contributed by atoms with Gasteiger partial charge in [0.25, 0.3) is 6.43 Å². The molecule has 3 saturated heterocycles. The molecule has 6 heterocycles. The van der Waals surface area contributed by atoms with Crippen molar-refractivity contribution in [2.45, 2.75) is 29.8 Å². The fraction of sp³-hybridized carbons (Fsp3) is 0.545. The maximum Gasteiger partial charge on any atom is 0.291 e. The molecule has 188 valence electrons. The van der Waals surface area contributed by atoms with E-state index in [1.807, 2.05) is 29.5 Å². The summed E-state index contributed by atoms with van der Waals surface area (Å²) >= 11 is 0.869. The fourth-order valence-corrected chi connectivity index (χ4v) is 6.66. The van der Waals surface area contributed by atoms with Crippen molar-refractivity contribution in [3.63, 3.8) is 0 Å². The molecule has 0 amide bonds. The first-order chi connectivity index (χ1) is 16.9. The third kappa shape index (κ3) is 4.38. The molecule has 3 aromatic rings. The predicted molar refractivity (Wildman–Crippen MR) is 128 cm³/mol. The average Bonchev–Trinajstić information content (AvgIpc) is 3.49. The van der Waals surface area contributed by atoms with Crippen molar-refractivity contribution in [2.24, 2.45) is 0 Å². The Balaban J connectivity index is 1.41. The van der Waals surface area contributed by atoms with Crippen LogP contribution >= 0.6 is 11.3 Å². The number of anilines is 1. The third-order valence-corrected chi connectivity index (χ3v) is 9.02. The van der Waals surface area contributed by atoms with Gasteiger partial charge in [-0.15, -0.1) is 10.2 Å². The highest BCUT2D eigenvalue weighted by molar-refractivity contribution is 7.83. The van der Waals surface area contributed by atoms with Gasteiger partial charge in [0, 0.05) is 32.4 Å². The van der Waals surface area contributed by atoms with Gasteiger partial charge in [-0.05, 0) is 25.1 Å². The summed E-state index contributed by atoms with van der Waals surface area (Å²) in [5, 5.41) is 7.73. The van der Waals surface area contributed by atoms with Crippen molar-refractivity contribution in [3.05, 3.63) is 29.4 Å². The van der Waals surface area contributed by atoms with E-state index in [2.05, 4.69) is 24.7 Å². The van der Waals surface area contributed by atoms with Gasteiger partial charge in [0.05, 0.1) is 59.8 Å². The summed E-state index contributed by atoms with van der Waals surface area (Å²) < 4.78 is 55.8. The van der Waals surface area contributed by atoms with Crippen LogP contribution in [0.1, 0.15) is 18.4 Å². The van der Waals surface area contributed by atoms with Crippen LogP contribution in [0.5, 0.6) is 0 Å². The molecule has 6 rings (SSSR count). The second kappa shape index (κ2) is 9.12. The molecular formula is C22H26F2N6O3S2. The molecule has 9 nitrogen and oxygen atoms in total. The highest BCUT2D eigenvalue weighted by Gasteiger charge is 2.36. The van der Waals surface area contributed by atoms with Crippen LogP contribution < -0.4 is 9.62 Å². The fourth-order valence-electron chi connectivity index (χ4n) is 4.84. The van der Waals surface area contributed by atoms with Crippen LogP contribution in [0.2, 0.25) is 0 Å². The molecule has 0 bridgehead atoms. The number of ether oxygens (including phenoxy) is 2. The Hall–Kier alpha value is -2.03. The van der Waals surface area contributed by atoms with Crippen molar-refractivity contribution in [3.8, 4) is 10.7 Å².